The van der Waals surface area contributed by atoms with Gasteiger partial charge in [0.15, 0.2) is 5.79 Å². The highest BCUT2D eigenvalue weighted by Crippen LogP contribution is 2.37. The van der Waals surface area contributed by atoms with Crippen molar-refractivity contribution < 1.29 is 19.0 Å². The zero-order chi connectivity index (χ0) is 15.6. The van der Waals surface area contributed by atoms with Gasteiger partial charge in [0.2, 0.25) is 0 Å². The van der Waals surface area contributed by atoms with Gasteiger partial charge in [0.25, 0.3) is 0 Å². The summed E-state index contributed by atoms with van der Waals surface area (Å²) in [7, 11) is 1.41. The van der Waals surface area contributed by atoms with E-state index in [1.807, 2.05) is 25.1 Å². The van der Waals surface area contributed by atoms with Crippen LogP contribution in [-0.4, -0.2) is 38.1 Å². The van der Waals surface area contributed by atoms with E-state index in [0.29, 0.717) is 24.8 Å². The van der Waals surface area contributed by atoms with E-state index in [-0.39, 0.29) is 11.8 Å². The van der Waals surface area contributed by atoms with E-state index in [0.717, 1.165) is 36.9 Å². The smallest absolute Gasteiger partial charge is 0.339 e. The van der Waals surface area contributed by atoms with Crippen molar-refractivity contribution in [2.24, 2.45) is 0 Å². The molecule has 3 rings (SSSR count). The number of benzene rings is 1. The van der Waals surface area contributed by atoms with Gasteiger partial charge in [0.1, 0.15) is 0 Å². The lowest BCUT2D eigenvalue weighted by Gasteiger charge is -2.36. The molecule has 1 aromatic rings. The van der Waals surface area contributed by atoms with Crippen LogP contribution >= 0.6 is 0 Å². The predicted octanol–water partition coefficient (Wildman–Crippen LogP) is 2.88. The summed E-state index contributed by atoms with van der Waals surface area (Å²) in [6.07, 6.45) is 3.72. The highest BCUT2D eigenvalue weighted by molar-refractivity contribution is 5.95. The fourth-order valence-corrected chi connectivity index (χ4v) is 3.27. The zero-order valence-electron chi connectivity index (χ0n) is 13.2. The summed E-state index contributed by atoms with van der Waals surface area (Å²) < 4.78 is 16.4. The minimum atomic E-state index is -0.351. The molecule has 1 saturated carbocycles. The van der Waals surface area contributed by atoms with E-state index in [2.05, 4.69) is 5.32 Å². The van der Waals surface area contributed by atoms with E-state index in [1.54, 1.807) is 0 Å². The summed E-state index contributed by atoms with van der Waals surface area (Å²) in [6.45, 7) is 3.36. The number of rotatable bonds is 3. The van der Waals surface area contributed by atoms with Gasteiger partial charge in [0, 0.05) is 24.6 Å². The van der Waals surface area contributed by atoms with Gasteiger partial charge in [0.05, 0.1) is 25.9 Å². The van der Waals surface area contributed by atoms with Gasteiger partial charge in [-0.2, -0.15) is 0 Å². The van der Waals surface area contributed by atoms with Gasteiger partial charge in [-0.15, -0.1) is 0 Å². The van der Waals surface area contributed by atoms with E-state index in [4.69, 9.17) is 14.2 Å². The molecule has 22 heavy (non-hydrogen) atoms. The van der Waals surface area contributed by atoms with Crippen LogP contribution in [0.1, 0.15) is 41.6 Å². The molecule has 5 heteroatoms. The molecule has 1 aliphatic heterocycles. The number of carbonyl (C=O) groups is 1. The van der Waals surface area contributed by atoms with Crippen LogP contribution in [0.5, 0.6) is 0 Å². The van der Waals surface area contributed by atoms with Crippen molar-refractivity contribution in [3.8, 4) is 0 Å². The summed E-state index contributed by atoms with van der Waals surface area (Å²) in [5, 5.41) is 3.49. The lowest BCUT2D eigenvalue weighted by atomic mass is 9.89. The molecule has 2 fully saturated rings. The first-order valence-electron chi connectivity index (χ1n) is 7.85. The summed E-state index contributed by atoms with van der Waals surface area (Å²) >= 11 is 0. The second-order valence-corrected chi connectivity index (χ2v) is 6.07. The van der Waals surface area contributed by atoms with Crippen molar-refractivity contribution in [2.75, 3.05) is 25.6 Å². The van der Waals surface area contributed by atoms with Crippen LogP contribution in [0.15, 0.2) is 18.2 Å². The highest BCUT2D eigenvalue weighted by atomic mass is 16.7. The van der Waals surface area contributed by atoms with E-state index in [9.17, 15) is 4.79 Å². The minimum absolute atomic E-state index is 0.305. The number of nitrogens with one attached hydrogen (secondary N) is 1. The zero-order valence-corrected chi connectivity index (χ0v) is 13.2. The van der Waals surface area contributed by atoms with Crippen LogP contribution in [0.4, 0.5) is 5.69 Å². The topological polar surface area (TPSA) is 56.8 Å². The molecule has 1 N–H and O–H groups in total. The number of methoxy groups -OCH3 is 1. The summed E-state index contributed by atoms with van der Waals surface area (Å²) in [5.74, 6) is -0.655. The first kappa shape index (κ1) is 15.3. The third-order valence-electron chi connectivity index (χ3n) is 4.50. The Bertz CT molecular complexity index is 542. The van der Waals surface area contributed by atoms with Crippen molar-refractivity contribution in [2.45, 2.75) is 44.4 Å². The molecule has 1 heterocycles. The molecule has 0 atom stereocenters. The van der Waals surface area contributed by atoms with E-state index < -0.39 is 0 Å². The third kappa shape index (κ3) is 3.10. The fourth-order valence-electron chi connectivity index (χ4n) is 3.27. The molecule has 1 aromatic carbocycles. The number of hydrogen-bond acceptors (Lipinski definition) is 5. The monoisotopic (exact) mass is 305 g/mol. The second-order valence-electron chi connectivity index (χ2n) is 6.07. The molecule has 1 saturated heterocycles. The van der Waals surface area contributed by atoms with Gasteiger partial charge < -0.3 is 19.5 Å². The molecular weight excluding hydrogens is 282 g/mol. The van der Waals surface area contributed by atoms with Crippen molar-refractivity contribution in [1.82, 2.24) is 0 Å². The van der Waals surface area contributed by atoms with Crippen LogP contribution in [-0.2, 0) is 14.2 Å². The first-order valence-corrected chi connectivity index (χ1v) is 7.85. The lowest BCUT2D eigenvalue weighted by Crippen LogP contribution is -2.39. The maximum Gasteiger partial charge on any atom is 0.339 e. The number of anilines is 1. The Hall–Kier alpha value is -1.59. The van der Waals surface area contributed by atoms with Crippen LogP contribution in [0.3, 0.4) is 0 Å². The predicted molar refractivity (Wildman–Crippen MR) is 83.0 cm³/mol. The Morgan fingerprint density at radius 1 is 1.27 bits per heavy atom. The molecule has 0 amide bonds. The molecule has 2 aliphatic rings. The Labute approximate surface area is 130 Å². The standard InChI is InChI=1S/C17H23NO4/c1-12-3-4-15(14(11-12)16(19)20-2)18-13-5-7-17(8-6-13)21-9-10-22-17/h3-4,11,13,18H,5-10H2,1-2H3. The van der Waals surface area contributed by atoms with Crippen molar-refractivity contribution in [3.05, 3.63) is 29.3 Å². The van der Waals surface area contributed by atoms with Crippen LogP contribution in [0.2, 0.25) is 0 Å². The molecule has 1 spiro atoms. The lowest BCUT2D eigenvalue weighted by molar-refractivity contribution is -0.177. The minimum Gasteiger partial charge on any atom is -0.465 e. The number of aryl methyl sites for hydroxylation is 1. The van der Waals surface area contributed by atoms with Crippen molar-refractivity contribution in [1.29, 1.82) is 0 Å². The number of hydrogen-bond donors (Lipinski definition) is 1. The largest absolute Gasteiger partial charge is 0.465 e. The Morgan fingerprint density at radius 2 is 1.95 bits per heavy atom. The van der Waals surface area contributed by atoms with Gasteiger partial charge in [-0.05, 0) is 31.9 Å². The number of esters is 1. The molecule has 1 aliphatic carbocycles. The van der Waals surface area contributed by atoms with Gasteiger partial charge in [-0.1, -0.05) is 11.6 Å². The Morgan fingerprint density at radius 3 is 2.59 bits per heavy atom. The molecule has 0 radical (unpaired) electrons. The average Bonchev–Trinajstić information content (AvgIpc) is 2.99. The fraction of sp³-hybridized carbons (Fsp3) is 0.588. The highest BCUT2D eigenvalue weighted by Gasteiger charge is 2.40. The molecule has 5 nitrogen and oxygen atoms in total. The molecule has 0 aromatic heterocycles. The SMILES string of the molecule is COC(=O)c1cc(C)ccc1NC1CCC2(CC1)OCCO2. The number of ether oxygens (including phenoxy) is 3. The summed E-state index contributed by atoms with van der Waals surface area (Å²) in [5.41, 5.74) is 2.48. The summed E-state index contributed by atoms with van der Waals surface area (Å²) in [4.78, 5) is 11.9. The maximum absolute atomic E-state index is 11.9. The van der Waals surface area contributed by atoms with Crippen LogP contribution in [0, 0.1) is 6.92 Å². The Balaban J connectivity index is 1.68. The first-order chi connectivity index (χ1) is 10.6. The molecule has 120 valence electrons. The molecular formula is C17H23NO4. The Kier molecular flexibility index (Phi) is 4.36. The average molecular weight is 305 g/mol. The van der Waals surface area contributed by atoms with Crippen molar-refractivity contribution >= 4 is 11.7 Å². The van der Waals surface area contributed by atoms with Crippen molar-refractivity contribution in [3.63, 3.8) is 0 Å². The van der Waals surface area contributed by atoms with E-state index >= 15 is 0 Å². The van der Waals surface area contributed by atoms with E-state index in [1.165, 1.54) is 7.11 Å². The number of carbonyl (C=O) groups excluding carboxylic acids is 1. The quantitative estimate of drug-likeness (QED) is 0.870. The third-order valence-corrected chi connectivity index (χ3v) is 4.50. The maximum atomic E-state index is 11.9. The van der Waals surface area contributed by atoms with Gasteiger partial charge in [-0.3, -0.25) is 0 Å². The normalized spacial score (nSPS) is 21.0. The van der Waals surface area contributed by atoms with Crippen LogP contribution in [0.25, 0.3) is 0 Å². The van der Waals surface area contributed by atoms with Gasteiger partial charge >= 0.3 is 5.97 Å². The van der Waals surface area contributed by atoms with Gasteiger partial charge in [-0.25, -0.2) is 4.79 Å². The van der Waals surface area contributed by atoms with Crippen LogP contribution < -0.4 is 5.32 Å². The molecule has 0 unspecified atom stereocenters. The summed E-state index contributed by atoms with van der Waals surface area (Å²) in [6, 6.07) is 6.14. The second kappa shape index (κ2) is 6.26. The molecule has 0 bridgehead atoms.